The lowest BCUT2D eigenvalue weighted by atomic mass is 9.98. The quantitative estimate of drug-likeness (QED) is 0.565. The summed E-state index contributed by atoms with van der Waals surface area (Å²) >= 11 is 0. The van der Waals surface area contributed by atoms with Crippen molar-refractivity contribution < 1.29 is 18.0 Å². The van der Waals surface area contributed by atoms with E-state index in [2.05, 4.69) is 25.6 Å². The first-order chi connectivity index (χ1) is 15.6. The van der Waals surface area contributed by atoms with Crippen LogP contribution in [-0.2, 0) is 0 Å². The molecule has 2 amide bonds. The molecule has 3 heterocycles. The van der Waals surface area contributed by atoms with E-state index in [0.29, 0.717) is 30.2 Å². The average Bonchev–Trinajstić information content (AvgIpc) is 3.21. The minimum Gasteiger partial charge on any atom is -0.357 e. The van der Waals surface area contributed by atoms with Crippen molar-refractivity contribution in [3.63, 3.8) is 0 Å². The number of urea groups is 1. The van der Waals surface area contributed by atoms with Crippen LogP contribution in [-0.4, -0.2) is 52.2 Å². The number of aryl methyl sites for hydroxylation is 2. The van der Waals surface area contributed by atoms with E-state index in [9.17, 15) is 18.0 Å². The minimum absolute atomic E-state index is 0.104. The van der Waals surface area contributed by atoms with Gasteiger partial charge in [0.2, 0.25) is 5.95 Å². The van der Waals surface area contributed by atoms with Gasteiger partial charge in [-0.25, -0.2) is 14.8 Å². The van der Waals surface area contributed by atoms with Gasteiger partial charge in [-0.3, -0.25) is 0 Å². The molecule has 2 aromatic heterocycles. The van der Waals surface area contributed by atoms with Gasteiger partial charge in [0, 0.05) is 55.1 Å². The molecule has 0 bridgehead atoms. The van der Waals surface area contributed by atoms with Gasteiger partial charge in [-0.15, -0.1) is 0 Å². The van der Waals surface area contributed by atoms with Crippen LogP contribution in [0.5, 0.6) is 0 Å². The molecule has 1 aliphatic rings. The second-order valence-electron chi connectivity index (χ2n) is 8.36. The Labute approximate surface area is 189 Å². The van der Waals surface area contributed by atoms with Crippen LogP contribution in [0.3, 0.4) is 0 Å². The lowest BCUT2D eigenvalue weighted by molar-refractivity contribution is -0.143. The largest absolute Gasteiger partial charge is 0.389 e. The molecule has 174 valence electrons. The number of amides is 2. The maximum atomic E-state index is 12.7. The Morgan fingerprint density at radius 3 is 2.70 bits per heavy atom. The van der Waals surface area contributed by atoms with Crippen molar-refractivity contribution in [1.82, 2.24) is 19.9 Å². The fourth-order valence-electron chi connectivity index (χ4n) is 4.15. The third-order valence-corrected chi connectivity index (χ3v) is 5.85. The van der Waals surface area contributed by atoms with Gasteiger partial charge in [-0.1, -0.05) is 6.07 Å². The summed E-state index contributed by atoms with van der Waals surface area (Å²) in [6.07, 6.45) is -3.02. The molecule has 2 N–H and O–H groups in total. The summed E-state index contributed by atoms with van der Waals surface area (Å²) in [6, 6.07) is 7.11. The smallest absolute Gasteiger partial charge is 0.357 e. The van der Waals surface area contributed by atoms with Crippen LogP contribution < -0.4 is 10.6 Å². The van der Waals surface area contributed by atoms with Crippen LogP contribution in [0.25, 0.3) is 22.2 Å². The van der Waals surface area contributed by atoms with Gasteiger partial charge in [0.25, 0.3) is 0 Å². The van der Waals surface area contributed by atoms with Gasteiger partial charge in [0.15, 0.2) is 5.65 Å². The number of aromatic nitrogens is 3. The fourth-order valence-corrected chi connectivity index (χ4v) is 4.15. The molecule has 0 radical (unpaired) electrons. The molecule has 1 fully saturated rings. The number of anilines is 2. The summed E-state index contributed by atoms with van der Waals surface area (Å²) in [7, 11) is 1.74. The minimum atomic E-state index is -4.21. The number of pyridine rings is 1. The zero-order chi connectivity index (χ0) is 23.8. The molecule has 1 aliphatic heterocycles. The zero-order valence-electron chi connectivity index (χ0n) is 18.6. The number of carbonyl (C=O) groups excluding carboxylic acids is 1. The van der Waals surface area contributed by atoms with E-state index in [1.165, 1.54) is 4.90 Å². The van der Waals surface area contributed by atoms with Gasteiger partial charge in [0.1, 0.15) is 0 Å². The van der Waals surface area contributed by atoms with E-state index >= 15 is 0 Å². The normalized spacial score (nSPS) is 16.3. The standard InChI is InChI=1S/C23H25F3N6O/c1-13-4-5-17(30-22(33)32-7-6-15(12-32)10-23(24,25)26)9-18(13)19-8-16-11-28-21(27-3)31-20(16)29-14(19)2/h4-5,8-9,11,15H,6-7,10,12H2,1-3H3,(H,30,33)(H,27,28,29,31). The lowest BCUT2D eigenvalue weighted by Crippen LogP contribution is -2.33. The molecule has 10 heteroatoms. The number of benzene rings is 1. The second kappa shape index (κ2) is 8.84. The fraction of sp³-hybridized carbons (Fsp3) is 0.391. The number of nitrogens with zero attached hydrogens (tertiary/aromatic N) is 4. The highest BCUT2D eigenvalue weighted by Gasteiger charge is 2.36. The number of hydrogen-bond acceptors (Lipinski definition) is 5. The molecule has 1 aromatic carbocycles. The third-order valence-electron chi connectivity index (χ3n) is 5.85. The molecule has 4 rings (SSSR count). The first-order valence-corrected chi connectivity index (χ1v) is 10.7. The van der Waals surface area contributed by atoms with Gasteiger partial charge in [-0.05, 0) is 55.5 Å². The number of alkyl halides is 3. The monoisotopic (exact) mass is 458 g/mol. The van der Waals surface area contributed by atoms with Crippen LogP contribution in [0.1, 0.15) is 24.1 Å². The van der Waals surface area contributed by atoms with Crippen molar-refractivity contribution in [3.8, 4) is 11.1 Å². The highest BCUT2D eigenvalue weighted by atomic mass is 19.4. The topological polar surface area (TPSA) is 83.0 Å². The molecule has 0 aliphatic carbocycles. The predicted molar refractivity (Wildman–Crippen MR) is 121 cm³/mol. The van der Waals surface area contributed by atoms with E-state index in [-0.39, 0.29) is 6.54 Å². The van der Waals surface area contributed by atoms with Gasteiger partial charge in [0.05, 0.1) is 0 Å². The first kappa shape index (κ1) is 22.8. The van der Waals surface area contributed by atoms with Gasteiger partial charge >= 0.3 is 12.2 Å². The highest BCUT2D eigenvalue weighted by Crippen LogP contribution is 2.32. The molecule has 1 saturated heterocycles. The van der Waals surface area contributed by atoms with Crippen molar-refractivity contribution in [3.05, 3.63) is 41.7 Å². The predicted octanol–water partition coefficient (Wildman–Crippen LogP) is 5.16. The second-order valence-corrected chi connectivity index (χ2v) is 8.36. The number of nitrogens with one attached hydrogen (secondary N) is 2. The number of fused-ring (bicyclic) bond motifs is 1. The molecular weight excluding hydrogens is 433 g/mol. The number of hydrogen-bond donors (Lipinski definition) is 2. The van der Waals surface area contributed by atoms with Crippen molar-refractivity contribution in [2.75, 3.05) is 30.8 Å². The Balaban J connectivity index is 1.55. The van der Waals surface area contributed by atoms with Crippen molar-refractivity contribution in [1.29, 1.82) is 0 Å². The zero-order valence-corrected chi connectivity index (χ0v) is 18.6. The third kappa shape index (κ3) is 5.15. The van der Waals surface area contributed by atoms with Crippen LogP contribution >= 0.6 is 0 Å². The molecule has 1 atom stereocenters. The lowest BCUT2D eigenvalue weighted by Gasteiger charge is -2.19. The van der Waals surface area contributed by atoms with Gasteiger partial charge in [-0.2, -0.15) is 18.2 Å². The molecule has 0 saturated carbocycles. The van der Waals surface area contributed by atoms with Crippen molar-refractivity contribution >= 4 is 28.7 Å². The van der Waals surface area contributed by atoms with Crippen LogP contribution in [0.15, 0.2) is 30.5 Å². The Hall–Kier alpha value is -3.43. The molecule has 7 nitrogen and oxygen atoms in total. The number of halogens is 3. The maximum absolute atomic E-state index is 12.7. The Morgan fingerprint density at radius 2 is 1.97 bits per heavy atom. The van der Waals surface area contributed by atoms with Crippen LogP contribution in [0.4, 0.5) is 29.6 Å². The molecule has 0 spiro atoms. The number of likely N-dealkylation sites (tertiary alicyclic amines) is 1. The van der Waals surface area contributed by atoms with Crippen molar-refractivity contribution in [2.45, 2.75) is 32.9 Å². The van der Waals surface area contributed by atoms with E-state index < -0.39 is 24.5 Å². The van der Waals surface area contributed by atoms with Crippen LogP contribution in [0.2, 0.25) is 0 Å². The van der Waals surface area contributed by atoms with E-state index in [4.69, 9.17) is 0 Å². The summed E-state index contributed by atoms with van der Waals surface area (Å²) in [5.74, 6) is -0.0660. The Bertz CT molecular complexity index is 1200. The summed E-state index contributed by atoms with van der Waals surface area (Å²) in [5.41, 5.74) is 4.72. The van der Waals surface area contributed by atoms with Gasteiger partial charge < -0.3 is 15.5 Å². The molecule has 33 heavy (non-hydrogen) atoms. The maximum Gasteiger partial charge on any atom is 0.389 e. The van der Waals surface area contributed by atoms with E-state index in [1.807, 2.05) is 32.0 Å². The molecule has 3 aromatic rings. The highest BCUT2D eigenvalue weighted by molar-refractivity contribution is 5.91. The average molecular weight is 458 g/mol. The summed E-state index contributed by atoms with van der Waals surface area (Å²) in [5, 5.41) is 6.51. The SMILES string of the molecule is CNc1ncc2cc(-c3cc(NC(=O)N4CCC(CC(F)(F)F)C4)ccc3C)c(C)nc2n1. The number of carbonyl (C=O) groups is 1. The van der Waals surface area contributed by atoms with E-state index in [1.54, 1.807) is 19.3 Å². The number of rotatable bonds is 4. The van der Waals surface area contributed by atoms with Crippen LogP contribution in [0, 0.1) is 19.8 Å². The summed E-state index contributed by atoms with van der Waals surface area (Å²) < 4.78 is 38.0. The Kier molecular flexibility index (Phi) is 6.09. The molecular formula is C23H25F3N6O. The van der Waals surface area contributed by atoms with Crippen molar-refractivity contribution in [2.24, 2.45) is 5.92 Å². The first-order valence-electron chi connectivity index (χ1n) is 10.7. The summed E-state index contributed by atoms with van der Waals surface area (Å²) in [4.78, 5) is 27.3. The molecule has 1 unspecified atom stereocenters. The van der Waals surface area contributed by atoms with E-state index in [0.717, 1.165) is 27.8 Å². The Morgan fingerprint density at radius 1 is 1.18 bits per heavy atom. The summed E-state index contributed by atoms with van der Waals surface area (Å²) in [6.45, 7) is 4.28.